The summed E-state index contributed by atoms with van der Waals surface area (Å²) in [5.74, 6) is 0.760. The maximum absolute atomic E-state index is 15.0. The molecule has 1 N–H and O–H groups in total. The van der Waals surface area contributed by atoms with Crippen LogP contribution in [0, 0.1) is 17.2 Å². The summed E-state index contributed by atoms with van der Waals surface area (Å²) in [6, 6.07) is 18.8. The molecule has 0 bridgehead atoms. The topological polar surface area (TPSA) is 55.8 Å². The normalized spacial score (nSPS) is 17.1. The highest BCUT2D eigenvalue weighted by molar-refractivity contribution is 5.85. The molecule has 2 aliphatic carbocycles. The van der Waals surface area contributed by atoms with Crippen LogP contribution in [-0.2, 0) is 11.4 Å². The Kier molecular flexibility index (Phi) is 7.29. The van der Waals surface area contributed by atoms with Crippen LogP contribution in [-0.4, -0.2) is 18.2 Å². The van der Waals surface area contributed by atoms with Gasteiger partial charge in [-0.2, -0.15) is 0 Å². The zero-order chi connectivity index (χ0) is 26.9. The molecule has 38 heavy (non-hydrogen) atoms. The Morgan fingerprint density at radius 1 is 1.03 bits per heavy atom. The first-order valence-electron chi connectivity index (χ1n) is 13.4. The first kappa shape index (κ1) is 26.0. The van der Waals surface area contributed by atoms with Gasteiger partial charge in [-0.1, -0.05) is 44.2 Å². The maximum Gasteiger partial charge on any atom is 0.303 e. The zero-order valence-corrected chi connectivity index (χ0v) is 22.3. The number of benzene rings is 3. The summed E-state index contributed by atoms with van der Waals surface area (Å²) in [6.07, 6.45) is 6.62. The number of carboxylic acids is 1. The third-order valence-corrected chi connectivity index (χ3v) is 7.96. The lowest BCUT2D eigenvalue weighted by Gasteiger charge is -2.25. The van der Waals surface area contributed by atoms with E-state index >= 15 is 4.39 Å². The zero-order valence-electron chi connectivity index (χ0n) is 22.3. The van der Waals surface area contributed by atoms with Crippen molar-refractivity contribution < 1.29 is 23.8 Å². The Bertz CT molecular complexity index is 1370. The van der Waals surface area contributed by atoms with Gasteiger partial charge < -0.3 is 14.6 Å². The smallest absolute Gasteiger partial charge is 0.303 e. The number of halogens is 1. The van der Waals surface area contributed by atoms with Gasteiger partial charge in [0.2, 0.25) is 0 Å². The number of carbonyl (C=O) groups is 1. The Morgan fingerprint density at radius 3 is 2.53 bits per heavy atom. The van der Waals surface area contributed by atoms with Gasteiger partial charge in [0.05, 0.1) is 13.5 Å². The minimum Gasteiger partial charge on any atom is -0.497 e. The molecule has 5 rings (SSSR count). The molecule has 0 radical (unpaired) electrons. The third-order valence-electron chi connectivity index (χ3n) is 7.96. The molecule has 1 fully saturated rings. The second-order valence-corrected chi connectivity index (χ2v) is 11.2. The molecule has 0 heterocycles. The Hall–Kier alpha value is -3.60. The van der Waals surface area contributed by atoms with Crippen LogP contribution in [0.1, 0.15) is 68.6 Å². The van der Waals surface area contributed by atoms with Gasteiger partial charge in [0, 0.05) is 5.56 Å². The van der Waals surface area contributed by atoms with Gasteiger partial charge in [0.1, 0.15) is 23.9 Å². The second-order valence-electron chi connectivity index (χ2n) is 11.2. The molecule has 3 aromatic carbocycles. The van der Waals surface area contributed by atoms with Crippen LogP contribution >= 0.6 is 0 Å². The fourth-order valence-electron chi connectivity index (χ4n) is 5.68. The van der Waals surface area contributed by atoms with Crippen molar-refractivity contribution in [2.75, 3.05) is 7.11 Å². The van der Waals surface area contributed by atoms with Crippen molar-refractivity contribution in [1.29, 1.82) is 0 Å². The predicted molar refractivity (Wildman–Crippen MR) is 148 cm³/mol. The highest BCUT2D eigenvalue weighted by Crippen LogP contribution is 2.48. The largest absolute Gasteiger partial charge is 0.497 e. The molecule has 0 unspecified atom stereocenters. The average molecular weight is 515 g/mol. The molecule has 1 saturated carbocycles. The number of rotatable bonds is 10. The molecule has 0 spiro atoms. The van der Waals surface area contributed by atoms with Crippen molar-refractivity contribution in [1.82, 2.24) is 0 Å². The molecule has 2 aliphatic rings. The molecular weight excluding hydrogens is 479 g/mol. The summed E-state index contributed by atoms with van der Waals surface area (Å²) in [5, 5.41) is 9.38. The van der Waals surface area contributed by atoms with E-state index in [4.69, 9.17) is 9.47 Å². The lowest BCUT2D eigenvalue weighted by molar-refractivity contribution is -0.137. The summed E-state index contributed by atoms with van der Waals surface area (Å²) in [4.78, 5) is 11.4. The summed E-state index contributed by atoms with van der Waals surface area (Å²) >= 11 is 0. The van der Waals surface area contributed by atoms with Gasteiger partial charge in [-0.15, -0.1) is 0 Å². The van der Waals surface area contributed by atoms with Crippen LogP contribution in [0.5, 0.6) is 11.5 Å². The van der Waals surface area contributed by atoms with Crippen LogP contribution in [0.15, 0.2) is 66.7 Å². The van der Waals surface area contributed by atoms with Gasteiger partial charge in [-0.25, -0.2) is 4.39 Å². The van der Waals surface area contributed by atoms with E-state index in [9.17, 15) is 9.90 Å². The van der Waals surface area contributed by atoms with Crippen molar-refractivity contribution in [3.63, 3.8) is 0 Å². The van der Waals surface area contributed by atoms with Crippen LogP contribution in [0.25, 0.3) is 16.7 Å². The molecule has 0 aromatic heterocycles. The molecule has 5 heteroatoms. The number of aliphatic carboxylic acids is 1. The highest BCUT2D eigenvalue weighted by Gasteiger charge is 2.34. The number of hydrogen-bond donors (Lipinski definition) is 1. The lowest BCUT2D eigenvalue weighted by Crippen LogP contribution is -2.10. The molecule has 1 atom stereocenters. The molecule has 4 nitrogen and oxygen atoms in total. The SMILES string of the molecule is COc1ccc(F)c(-c2ccc(COc3cccc([C@@H](CC(=O)O)C4CC4)c3)cc2C2=CCCC2(C)C)c1. The summed E-state index contributed by atoms with van der Waals surface area (Å²) in [5.41, 5.74) is 5.60. The van der Waals surface area contributed by atoms with Crippen LogP contribution < -0.4 is 9.47 Å². The van der Waals surface area contributed by atoms with E-state index in [2.05, 4.69) is 26.0 Å². The van der Waals surface area contributed by atoms with E-state index in [0.717, 1.165) is 53.7 Å². The monoisotopic (exact) mass is 514 g/mol. The Morgan fingerprint density at radius 2 is 1.84 bits per heavy atom. The van der Waals surface area contributed by atoms with Crippen molar-refractivity contribution in [3.05, 3.63) is 89.2 Å². The van der Waals surface area contributed by atoms with Gasteiger partial charge in [-0.3, -0.25) is 4.79 Å². The van der Waals surface area contributed by atoms with Crippen molar-refractivity contribution in [2.24, 2.45) is 11.3 Å². The molecular formula is C33H35FO4. The fraction of sp³-hybridized carbons (Fsp3) is 0.364. The second kappa shape index (κ2) is 10.6. The first-order valence-corrected chi connectivity index (χ1v) is 13.4. The predicted octanol–water partition coefficient (Wildman–Crippen LogP) is 8.25. The first-order chi connectivity index (χ1) is 18.2. The number of hydrogen-bond acceptors (Lipinski definition) is 3. The quantitative estimate of drug-likeness (QED) is 0.296. The Balaban J connectivity index is 1.44. The van der Waals surface area contributed by atoms with E-state index in [-0.39, 0.29) is 23.6 Å². The van der Waals surface area contributed by atoms with Crippen molar-refractivity contribution in [3.8, 4) is 22.6 Å². The van der Waals surface area contributed by atoms with Gasteiger partial charge in [0.15, 0.2) is 0 Å². The maximum atomic E-state index is 15.0. The Labute approximate surface area is 224 Å². The molecule has 198 valence electrons. The lowest BCUT2D eigenvalue weighted by atomic mass is 9.79. The third kappa shape index (κ3) is 5.62. The highest BCUT2D eigenvalue weighted by atomic mass is 19.1. The molecule has 0 aliphatic heterocycles. The molecule has 0 amide bonds. The average Bonchev–Trinajstić information content (AvgIpc) is 3.68. The van der Waals surface area contributed by atoms with E-state index in [1.807, 2.05) is 36.4 Å². The van der Waals surface area contributed by atoms with Gasteiger partial charge in [0.25, 0.3) is 0 Å². The number of ether oxygens (including phenoxy) is 2. The number of methoxy groups -OCH3 is 1. The summed E-state index contributed by atoms with van der Waals surface area (Å²) < 4.78 is 26.6. The standard InChI is InChI=1S/C33H35FO4/c1-33(2)15-5-8-30(33)28-16-21(9-13-26(28)29-18-24(37-3)12-14-31(29)34)20-38-25-7-4-6-23(17-25)27(19-32(35)36)22-10-11-22/h4,6-9,12-14,16-18,22,27H,5,10-11,15,19-20H2,1-3H3,(H,35,36)/t27-/m0/s1. The number of allylic oxidation sites excluding steroid dienone is 2. The van der Waals surface area contributed by atoms with Crippen LogP contribution in [0.2, 0.25) is 0 Å². The van der Waals surface area contributed by atoms with Gasteiger partial charge in [-0.05, 0) is 107 Å². The van der Waals surface area contributed by atoms with Crippen LogP contribution in [0.4, 0.5) is 4.39 Å². The minimum absolute atomic E-state index is 0.0140. The van der Waals surface area contributed by atoms with E-state index in [1.165, 1.54) is 11.6 Å². The van der Waals surface area contributed by atoms with Crippen molar-refractivity contribution in [2.45, 2.75) is 58.5 Å². The number of carboxylic acid groups (broad SMARTS) is 1. The van der Waals surface area contributed by atoms with E-state index < -0.39 is 5.97 Å². The minimum atomic E-state index is -0.766. The van der Waals surface area contributed by atoms with Crippen molar-refractivity contribution >= 4 is 11.5 Å². The summed E-state index contributed by atoms with van der Waals surface area (Å²) in [6.45, 7) is 4.83. The summed E-state index contributed by atoms with van der Waals surface area (Å²) in [7, 11) is 1.59. The van der Waals surface area contributed by atoms with E-state index in [0.29, 0.717) is 23.8 Å². The molecule has 3 aromatic rings. The van der Waals surface area contributed by atoms with E-state index in [1.54, 1.807) is 19.2 Å². The molecule has 0 saturated heterocycles. The van der Waals surface area contributed by atoms with Gasteiger partial charge >= 0.3 is 5.97 Å². The fourth-order valence-corrected chi connectivity index (χ4v) is 5.68. The van der Waals surface area contributed by atoms with Crippen LogP contribution in [0.3, 0.4) is 0 Å².